The highest BCUT2D eigenvalue weighted by molar-refractivity contribution is 5.28. The third-order valence-corrected chi connectivity index (χ3v) is 3.39. The maximum Gasteiger partial charge on any atom is 0.103 e. The first-order chi connectivity index (χ1) is 9.76. The van der Waals surface area contributed by atoms with Gasteiger partial charge in [-0.05, 0) is 25.0 Å². The van der Waals surface area contributed by atoms with E-state index in [1.54, 1.807) is 0 Å². The predicted octanol–water partition coefficient (Wildman–Crippen LogP) is 3.28. The average Bonchev–Trinajstić information content (AvgIpc) is 2.50. The van der Waals surface area contributed by atoms with Gasteiger partial charge in [-0.1, -0.05) is 60.2 Å². The Morgan fingerprint density at radius 3 is 2.20 bits per heavy atom. The smallest absolute Gasteiger partial charge is 0.103 e. The summed E-state index contributed by atoms with van der Waals surface area (Å²) in [6.07, 6.45) is -0.103. The number of ether oxygens (including phenoxy) is 1. The first-order valence-corrected chi connectivity index (χ1v) is 6.95. The minimum Gasteiger partial charge on any atom is -0.372 e. The second-order valence-electron chi connectivity index (χ2n) is 4.84. The number of hydrazine groups is 1. The molecule has 2 unspecified atom stereocenters. The van der Waals surface area contributed by atoms with Crippen LogP contribution in [0.25, 0.3) is 0 Å². The maximum atomic E-state index is 5.92. The van der Waals surface area contributed by atoms with E-state index >= 15 is 0 Å². The molecule has 0 aliphatic carbocycles. The quantitative estimate of drug-likeness (QED) is 0.625. The molecule has 0 saturated heterocycles. The summed E-state index contributed by atoms with van der Waals surface area (Å²) in [5.74, 6) is 5.78. The lowest BCUT2D eigenvalue weighted by Gasteiger charge is -2.27. The summed E-state index contributed by atoms with van der Waals surface area (Å²) in [4.78, 5) is 0. The van der Waals surface area contributed by atoms with Crippen molar-refractivity contribution in [3.63, 3.8) is 0 Å². The van der Waals surface area contributed by atoms with E-state index in [1.165, 1.54) is 5.56 Å². The summed E-state index contributed by atoms with van der Waals surface area (Å²) in [6, 6.07) is 18.5. The molecule has 3 nitrogen and oxygen atoms in total. The van der Waals surface area contributed by atoms with Crippen molar-refractivity contribution in [3.05, 3.63) is 71.3 Å². The number of benzene rings is 2. The fourth-order valence-corrected chi connectivity index (χ4v) is 2.34. The summed E-state index contributed by atoms with van der Waals surface area (Å²) in [5, 5.41) is 0. The summed E-state index contributed by atoms with van der Waals surface area (Å²) in [7, 11) is 0. The molecule has 0 spiro atoms. The molecule has 3 N–H and O–H groups in total. The molecule has 2 atom stereocenters. The Morgan fingerprint density at radius 2 is 1.65 bits per heavy atom. The topological polar surface area (TPSA) is 47.3 Å². The van der Waals surface area contributed by atoms with E-state index in [-0.39, 0.29) is 12.1 Å². The Balaban J connectivity index is 2.32. The van der Waals surface area contributed by atoms with Crippen LogP contribution < -0.4 is 11.3 Å². The largest absolute Gasteiger partial charge is 0.372 e. The highest BCUT2D eigenvalue weighted by Crippen LogP contribution is 2.31. The third-order valence-electron chi connectivity index (χ3n) is 3.39. The molecule has 0 aliphatic heterocycles. The average molecular weight is 270 g/mol. The van der Waals surface area contributed by atoms with Crippen LogP contribution in [0.2, 0.25) is 0 Å². The molecule has 2 aromatic rings. The minimum atomic E-state index is -0.103. The van der Waals surface area contributed by atoms with Crippen molar-refractivity contribution in [1.29, 1.82) is 0 Å². The van der Waals surface area contributed by atoms with E-state index in [9.17, 15) is 0 Å². The molecule has 0 aliphatic rings. The van der Waals surface area contributed by atoms with Crippen LogP contribution in [0.5, 0.6) is 0 Å². The second-order valence-corrected chi connectivity index (χ2v) is 4.84. The van der Waals surface area contributed by atoms with Crippen molar-refractivity contribution in [2.24, 2.45) is 5.84 Å². The van der Waals surface area contributed by atoms with Crippen LogP contribution >= 0.6 is 0 Å². The molecule has 0 aromatic heterocycles. The molecule has 0 heterocycles. The van der Waals surface area contributed by atoms with E-state index < -0.39 is 0 Å². The van der Waals surface area contributed by atoms with Crippen molar-refractivity contribution in [2.75, 3.05) is 6.61 Å². The van der Waals surface area contributed by atoms with Crippen LogP contribution in [0.3, 0.4) is 0 Å². The molecule has 20 heavy (non-hydrogen) atoms. The molecule has 0 fully saturated rings. The number of hydrogen-bond acceptors (Lipinski definition) is 3. The van der Waals surface area contributed by atoms with Gasteiger partial charge in [0.15, 0.2) is 0 Å². The zero-order valence-corrected chi connectivity index (χ0v) is 12.0. The van der Waals surface area contributed by atoms with Crippen LogP contribution in [0.4, 0.5) is 0 Å². The molecule has 0 bridgehead atoms. The molecule has 0 saturated carbocycles. The van der Waals surface area contributed by atoms with Crippen molar-refractivity contribution in [1.82, 2.24) is 5.43 Å². The van der Waals surface area contributed by atoms with E-state index in [0.717, 1.165) is 11.1 Å². The molecule has 2 rings (SSSR count). The maximum absolute atomic E-state index is 5.92. The van der Waals surface area contributed by atoms with Gasteiger partial charge in [-0.25, -0.2) is 0 Å². The Labute approximate surface area is 120 Å². The highest BCUT2D eigenvalue weighted by atomic mass is 16.5. The lowest BCUT2D eigenvalue weighted by Crippen LogP contribution is -2.33. The zero-order valence-electron chi connectivity index (χ0n) is 12.0. The SMILES string of the molecule is CCOC(c1ccccc1)C(NN)c1ccc(C)cc1. The van der Waals surface area contributed by atoms with Crippen molar-refractivity contribution < 1.29 is 4.74 Å². The van der Waals surface area contributed by atoms with Gasteiger partial charge in [-0.2, -0.15) is 0 Å². The van der Waals surface area contributed by atoms with E-state index in [1.807, 2.05) is 25.1 Å². The van der Waals surface area contributed by atoms with E-state index in [2.05, 4.69) is 48.7 Å². The van der Waals surface area contributed by atoms with Crippen LogP contribution in [0.1, 0.15) is 35.8 Å². The molecule has 106 valence electrons. The summed E-state index contributed by atoms with van der Waals surface area (Å²) < 4.78 is 5.92. The third kappa shape index (κ3) is 3.45. The normalized spacial score (nSPS) is 13.9. The van der Waals surface area contributed by atoms with Crippen LogP contribution in [-0.2, 0) is 4.74 Å². The first-order valence-electron chi connectivity index (χ1n) is 6.95. The van der Waals surface area contributed by atoms with Gasteiger partial charge in [-0.3, -0.25) is 11.3 Å². The van der Waals surface area contributed by atoms with Gasteiger partial charge in [0.2, 0.25) is 0 Å². The standard InChI is InChI=1S/C17H22N2O/c1-3-20-17(15-7-5-4-6-8-15)16(19-18)14-11-9-13(2)10-12-14/h4-12,16-17,19H,3,18H2,1-2H3. The summed E-state index contributed by atoms with van der Waals surface area (Å²) in [5.41, 5.74) is 6.38. The Hall–Kier alpha value is -1.68. The number of hydrogen-bond donors (Lipinski definition) is 2. The lowest BCUT2D eigenvalue weighted by atomic mass is 9.95. The number of rotatable bonds is 6. The van der Waals surface area contributed by atoms with E-state index in [0.29, 0.717) is 6.61 Å². The predicted molar refractivity (Wildman–Crippen MR) is 82.1 cm³/mol. The van der Waals surface area contributed by atoms with Gasteiger partial charge in [-0.15, -0.1) is 0 Å². The number of aryl methyl sites for hydroxylation is 1. The van der Waals surface area contributed by atoms with Crippen LogP contribution in [-0.4, -0.2) is 6.61 Å². The molecular formula is C17H22N2O. The van der Waals surface area contributed by atoms with Crippen LogP contribution in [0.15, 0.2) is 54.6 Å². The van der Waals surface area contributed by atoms with Gasteiger partial charge in [0.05, 0.1) is 6.04 Å². The fraction of sp³-hybridized carbons (Fsp3) is 0.294. The zero-order chi connectivity index (χ0) is 14.4. The first kappa shape index (κ1) is 14.7. The fourth-order valence-electron chi connectivity index (χ4n) is 2.34. The van der Waals surface area contributed by atoms with Gasteiger partial charge < -0.3 is 4.74 Å². The second kappa shape index (κ2) is 7.20. The monoisotopic (exact) mass is 270 g/mol. The molecule has 3 heteroatoms. The lowest BCUT2D eigenvalue weighted by molar-refractivity contribution is 0.0327. The minimum absolute atomic E-state index is 0.0713. The number of nitrogens with two attached hydrogens (primary N) is 1. The summed E-state index contributed by atoms with van der Waals surface area (Å²) >= 11 is 0. The van der Waals surface area contributed by atoms with Gasteiger partial charge in [0.1, 0.15) is 6.10 Å². The van der Waals surface area contributed by atoms with Crippen molar-refractivity contribution in [3.8, 4) is 0 Å². The summed E-state index contributed by atoms with van der Waals surface area (Å²) in [6.45, 7) is 4.72. The Morgan fingerprint density at radius 1 is 1.00 bits per heavy atom. The van der Waals surface area contributed by atoms with E-state index in [4.69, 9.17) is 10.6 Å². The van der Waals surface area contributed by atoms with Gasteiger partial charge in [0, 0.05) is 6.61 Å². The molecule has 0 amide bonds. The van der Waals surface area contributed by atoms with Crippen molar-refractivity contribution >= 4 is 0 Å². The molecule has 0 radical (unpaired) electrons. The Kier molecular flexibility index (Phi) is 5.30. The van der Waals surface area contributed by atoms with Gasteiger partial charge in [0.25, 0.3) is 0 Å². The van der Waals surface area contributed by atoms with Gasteiger partial charge >= 0.3 is 0 Å². The molecule has 2 aromatic carbocycles. The van der Waals surface area contributed by atoms with Crippen LogP contribution in [0, 0.1) is 6.92 Å². The van der Waals surface area contributed by atoms with Crippen molar-refractivity contribution in [2.45, 2.75) is 26.0 Å². The number of nitrogens with one attached hydrogen (secondary N) is 1. The molecular weight excluding hydrogens is 248 g/mol. The highest BCUT2D eigenvalue weighted by Gasteiger charge is 2.24. The Bertz CT molecular complexity index is 510.